The third-order valence-electron chi connectivity index (χ3n) is 4.70. The summed E-state index contributed by atoms with van der Waals surface area (Å²) in [6.07, 6.45) is 1.62. The van der Waals surface area contributed by atoms with Crippen LogP contribution >= 0.6 is 0 Å². The number of carbonyl (C=O) groups excluding carboxylic acids is 2. The third-order valence-corrected chi connectivity index (χ3v) is 4.70. The van der Waals surface area contributed by atoms with Gasteiger partial charge in [0.05, 0.1) is 11.3 Å². The lowest BCUT2D eigenvalue weighted by Gasteiger charge is -2.21. The van der Waals surface area contributed by atoms with E-state index in [2.05, 4.69) is 22.8 Å². The van der Waals surface area contributed by atoms with Gasteiger partial charge in [0.1, 0.15) is 0 Å². The van der Waals surface area contributed by atoms with Crippen molar-refractivity contribution in [1.29, 1.82) is 0 Å². The van der Waals surface area contributed by atoms with Gasteiger partial charge in [0.25, 0.3) is 11.8 Å². The van der Waals surface area contributed by atoms with Gasteiger partial charge >= 0.3 is 0 Å². The Morgan fingerprint density at radius 1 is 0.700 bits per heavy atom. The van der Waals surface area contributed by atoms with E-state index in [0.717, 1.165) is 18.4 Å². The van der Waals surface area contributed by atoms with E-state index in [-0.39, 0.29) is 17.4 Å². The number of anilines is 1. The van der Waals surface area contributed by atoms with E-state index < -0.39 is 0 Å². The summed E-state index contributed by atoms with van der Waals surface area (Å²) in [6.45, 7) is 5.78. The van der Waals surface area contributed by atoms with Crippen LogP contribution in [0.4, 0.5) is 5.69 Å². The van der Waals surface area contributed by atoms with Gasteiger partial charge in [0.15, 0.2) is 0 Å². The van der Waals surface area contributed by atoms with Crippen molar-refractivity contribution in [3.8, 4) is 0 Å². The molecule has 154 valence electrons. The molecule has 0 aliphatic rings. The Kier molecular flexibility index (Phi) is 6.68. The Morgan fingerprint density at radius 2 is 1.30 bits per heavy atom. The minimum atomic E-state index is -0.363. The molecule has 3 aromatic carbocycles. The number of aryl methyl sites for hydroxylation is 2. The highest BCUT2D eigenvalue weighted by Crippen LogP contribution is 2.19. The fourth-order valence-corrected chi connectivity index (χ4v) is 3.27. The van der Waals surface area contributed by atoms with Gasteiger partial charge in [-0.1, -0.05) is 60.7 Å². The van der Waals surface area contributed by atoms with Crippen molar-refractivity contribution in [1.82, 2.24) is 5.32 Å². The number of benzene rings is 3. The molecule has 0 aromatic heterocycles. The molecule has 4 heteroatoms. The van der Waals surface area contributed by atoms with E-state index in [1.807, 2.05) is 69.3 Å². The summed E-state index contributed by atoms with van der Waals surface area (Å²) < 4.78 is 0. The fourth-order valence-electron chi connectivity index (χ4n) is 3.27. The van der Waals surface area contributed by atoms with Crippen molar-refractivity contribution in [2.45, 2.75) is 39.2 Å². The van der Waals surface area contributed by atoms with Crippen molar-refractivity contribution in [2.75, 3.05) is 5.32 Å². The number of carbonyl (C=O) groups is 2. The molecule has 3 rings (SSSR count). The van der Waals surface area contributed by atoms with E-state index in [0.29, 0.717) is 16.8 Å². The van der Waals surface area contributed by atoms with Crippen LogP contribution in [0.5, 0.6) is 0 Å². The lowest BCUT2D eigenvalue weighted by Crippen LogP contribution is -2.40. The topological polar surface area (TPSA) is 58.2 Å². The van der Waals surface area contributed by atoms with Gasteiger partial charge in [0.2, 0.25) is 0 Å². The molecule has 0 bridgehead atoms. The van der Waals surface area contributed by atoms with E-state index in [9.17, 15) is 9.59 Å². The van der Waals surface area contributed by atoms with Crippen molar-refractivity contribution in [3.63, 3.8) is 0 Å². The fraction of sp³-hybridized carbons (Fsp3) is 0.231. The first kappa shape index (κ1) is 21.3. The molecule has 0 atom stereocenters. The SMILES string of the molecule is CC(C)(C)NC(=O)c1ccccc1NC(=O)c1ccccc1CCc1ccccc1. The Labute approximate surface area is 178 Å². The maximum absolute atomic E-state index is 13.1. The van der Waals surface area contributed by atoms with Gasteiger partial charge in [0, 0.05) is 11.1 Å². The normalized spacial score (nSPS) is 11.0. The molecule has 0 unspecified atom stereocenters. The quantitative estimate of drug-likeness (QED) is 0.593. The summed E-state index contributed by atoms with van der Waals surface area (Å²) in [7, 11) is 0. The van der Waals surface area contributed by atoms with Crippen LogP contribution in [0.2, 0.25) is 0 Å². The number of amides is 2. The summed E-state index contributed by atoms with van der Waals surface area (Å²) in [6, 6.07) is 24.9. The zero-order valence-corrected chi connectivity index (χ0v) is 17.7. The molecule has 4 nitrogen and oxygen atoms in total. The highest BCUT2D eigenvalue weighted by Gasteiger charge is 2.19. The van der Waals surface area contributed by atoms with Crippen LogP contribution in [0.15, 0.2) is 78.9 Å². The maximum atomic E-state index is 13.1. The molecule has 0 aliphatic heterocycles. The summed E-state index contributed by atoms with van der Waals surface area (Å²) in [5.74, 6) is -0.426. The molecular weight excluding hydrogens is 372 g/mol. The molecule has 0 saturated heterocycles. The first-order valence-electron chi connectivity index (χ1n) is 10.2. The minimum Gasteiger partial charge on any atom is -0.347 e. The number of para-hydroxylation sites is 1. The predicted octanol–water partition coefficient (Wildman–Crippen LogP) is 5.25. The zero-order valence-electron chi connectivity index (χ0n) is 17.7. The van der Waals surface area contributed by atoms with Crippen LogP contribution in [0, 0.1) is 0 Å². The van der Waals surface area contributed by atoms with E-state index in [1.165, 1.54) is 5.56 Å². The summed E-state index contributed by atoms with van der Waals surface area (Å²) in [5.41, 5.74) is 3.43. The Morgan fingerprint density at radius 3 is 2.00 bits per heavy atom. The second kappa shape index (κ2) is 9.40. The van der Waals surface area contributed by atoms with Gasteiger partial charge in [-0.15, -0.1) is 0 Å². The van der Waals surface area contributed by atoms with Gasteiger partial charge < -0.3 is 10.6 Å². The smallest absolute Gasteiger partial charge is 0.255 e. The minimum absolute atomic E-state index is 0.212. The van der Waals surface area contributed by atoms with Crippen molar-refractivity contribution >= 4 is 17.5 Å². The second-order valence-electron chi connectivity index (χ2n) is 8.35. The lowest BCUT2D eigenvalue weighted by atomic mass is 9.99. The van der Waals surface area contributed by atoms with Crippen LogP contribution in [0.25, 0.3) is 0 Å². The Balaban J connectivity index is 1.78. The first-order chi connectivity index (χ1) is 14.3. The van der Waals surface area contributed by atoms with E-state index >= 15 is 0 Å². The highest BCUT2D eigenvalue weighted by molar-refractivity contribution is 6.09. The molecule has 0 spiro atoms. The number of hydrogen-bond donors (Lipinski definition) is 2. The van der Waals surface area contributed by atoms with Gasteiger partial charge in [-0.05, 0) is 62.9 Å². The molecule has 3 aromatic rings. The Hall–Kier alpha value is -3.40. The Bertz CT molecular complexity index is 1020. The van der Waals surface area contributed by atoms with Gasteiger partial charge in [-0.3, -0.25) is 9.59 Å². The average molecular weight is 401 g/mol. The molecule has 0 aliphatic carbocycles. The molecular formula is C26H28N2O2. The number of nitrogens with one attached hydrogen (secondary N) is 2. The molecule has 0 saturated carbocycles. The van der Waals surface area contributed by atoms with Crippen LogP contribution in [0.1, 0.15) is 52.6 Å². The lowest BCUT2D eigenvalue weighted by molar-refractivity contribution is 0.0920. The van der Waals surface area contributed by atoms with Crippen molar-refractivity contribution in [2.24, 2.45) is 0 Å². The standard InChI is InChI=1S/C26H28N2O2/c1-26(2,3)28-25(30)22-15-9-10-16-23(22)27-24(29)21-14-8-7-13-20(21)18-17-19-11-5-4-6-12-19/h4-16H,17-18H2,1-3H3,(H,27,29)(H,28,30). The molecule has 0 fully saturated rings. The summed E-state index contributed by atoms with van der Waals surface area (Å²) in [4.78, 5) is 25.7. The summed E-state index contributed by atoms with van der Waals surface area (Å²) in [5, 5.41) is 5.88. The van der Waals surface area contributed by atoms with Crippen LogP contribution in [0.3, 0.4) is 0 Å². The van der Waals surface area contributed by atoms with Crippen LogP contribution in [-0.2, 0) is 12.8 Å². The average Bonchev–Trinajstić information content (AvgIpc) is 2.72. The molecule has 2 N–H and O–H groups in total. The monoisotopic (exact) mass is 400 g/mol. The number of hydrogen-bond acceptors (Lipinski definition) is 2. The first-order valence-corrected chi connectivity index (χ1v) is 10.2. The van der Waals surface area contributed by atoms with Gasteiger partial charge in [-0.2, -0.15) is 0 Å². The molecule has 30 heavy (non-hydrogen) atoms. The maximum Gasteiger partial charge on any atom is 0.255 e. The van der Waals surface area contributed by atoms with E-state index in [1.54, 1.807) is 18.2 Å². The van der Waals surface area contributed by atoms with Crippen molar-refractivity contribution in [3.05, 3.63) is 101 Å². The van der Waals surface area contributed by atoms with Crippen LogP contribution in [-0.4, -0.2) is 17.4 Å². The molecule has 0 heterocycles. The highest BCUT2D eigenvalue weighted by atomic mass is 16.2. The van der Waals surface area contributed by atoms with Crippen molar-refractivity contribution < 1.29 is 9.59 Å². The predicted molar refractivity (Wildman–Crippen MR) is 122 cm³/mol. The van der Waals surface area contributed by atoms with E-state index in [4.69, 9.17) is 0 Å². The molecule has 0 radical (unpaired) electrons. The third kappa shape index (κ3) is 5.80. The molecule has 2 amide bonds. The van der Waals surface area contributed by atoms with Gasteiger partial charge in [-0.25, -0.2) is 0 Å². The van der Waals surface area contributed by atoms with Crippen LogP contribution < -0.4 is 10.6 Å². The second-order valence-corrected chi connectivity index (χ2v) is 8.35. The number of rotatable bonds is 6. The zero-order chi connectivity index (χ0) is 21.6. The largest absolute Gasteiger partial charge is 0.347 e. The summed E-state index contributed by atoms with van der Waals surface area (Å²) >= 11 is 0.